The van der Waals surface area contributed by atoms with E-state index >= 15 is 0 Å². The first-order chi connectivity index (χ1) is 9.22. The summed E-state index contributed by atoms with van der Waals surface area (Å²) >= 11 is 0. The van der Waals surface area contributed by atoms with Crippen LogP contribution < -0.4 is 4.72 Å². The number of rotatable bonds is 7. The SMILES string of the molecule is CCC(NS(=O)(=O)c1cc(CO)n(C(C)C)c1)C(C)C. The van der Waals surface area contributed by atoms with Crippen LogP contribution >= 0.6 is 0 Å². The number of nitrogens with one attached hydrogen (secondary N) is 1. The Labute approximate surface area is 122 Å². The van der Waals surface area contributed by atoms with Gasteiger partial charge in [0.05, 0.1) is 11.5 Å². The fourth-order valence-electron chi connectivity index (χ4n) is 2.21. The van der Waals surface area contributed by atoms with E-state index in [1.807, 2.05) is 34.6 Å². The molecule has 0 saturated carbocycles. The lowest BCUT2D eigenvalue weighted by Crippen LogP contribution is -2.37. The smallest absolute Gasteiger partial charge is 0.242 e. The van der Waals surface area contributed by atoms with Crippen LogP contribution in [0.5, 0.6) is 0 Å². The highest BCUT2D eigenvalue weighted by Crippen LogP contribution is 2.20. The molecule has 6 heteroatoms. The van der Waals surface area contributed by atoms with Crippen molar-refractivity contribution in [2.45, 2.75) is 64.6 Å². The van der Waals surface area contributed by atoms with Gasteiger partial charge in [-0.25, -0.2) is 13.1 Å². The van der Waals surface area contributed by atoms with Crippen LogP contribution in [0, 0.1) is 5.92 Å². The first-order valence-corrected chi connectivity index (χ1v) is 8.55. The van der Waals surface area contributed by atoms with Crippen LogP contribution in [0.2, 0.25) is 0 Å². The molecular formula is C14H26N2O3S. The number of hydrogen-bond acceptors (Lipinski definition) is 3. The summed E-state index contributed by atoms with van der Waals surface area (Å²) in [5, 5.41) is 9.33. The predicted octanol–water partition coefficient (Wildman–Crippen LogP) is 2.27. The number of sulfonamides is 1. The highest BCUT2D eigenvalue weighted by atomic mass is 32.2. The Morgan fingerprint density at radius 1 is 1.30 bits per heavy atom. The lowest BCUT2D eigenvalue weighted by molar-refractivity contribution is 0.268. The maximum absolute atomic E-state index is 12.4. The molecule has 0 fully saturated rings. The van der Waals surface area contributed by atoms with Gasteiger partial charge in [-0.1, -0.05) is 20.8 Å². The molecule has 0 aliphatic rings. The predicted molar refractivity (Wildman–Crippen MR) is 80.0 cm³/mol. The Bertz CT molecular complexity index is 533. The van der Waals surface area contributed by atoms with Crippen molar-refractivity contribution in [2.24, 2.45) is 5.92 Å². The van der Waals surface area contributed by atoms with Crippen molar-refractivity contribution in [1.29, 1.82) is 0 Å². The van der Waals surface area contributed by atoms with Crippen molar-refractivity contribution < 1.29 is 13.5 Å². The van der Waals surface area contributed by atoms with Crippen LogP contribution in [0.3, 0.4) is 0 Å². The summed E-state index contributed by atoms with van der Waals surface area (Å²) in [5.41, 5.74) is 0.609. The summed E-state index contributed by atoms with van der Waals surface area (Å²) in [6, 6.07) is 1.56. The lowest BCUT2D eigenvalue weighted by atomic mass is 10.0. The lowest BCUT2D eigenvalue weighted by Gasteiger charge is -2.20. The topological polar surface area (TPSA) is 71.3 Å². The quantitative estimate of drug-likeness (QED) is 0.811. The highest BCUT2D eigenvalue weighted by Gasteiger charge is 2.23. The molecule has 0 aromatic carbocycles. The van der Waals surface area contributed by atoms with E-state index in [4.69, 9.17) is 0 Å². The van der Waals surface area contributed by atoms with E-state index in [0.29, 0.717) is 5.69 Å². The van der Waals surface area contributed by atoms with E-state index < -0.39 is 10.0 Å². The van der Waals surface area contributed by atoms with E-state index in [1.54, 1.807) is 10.8 Å². The first-order valence-electron chi connectivity index (χ1n) is 7.06. The van der Waals surface area contributed by atoms with E-state index in [2.05, 4.69) is 4.72 Å². The zero-order chi connectivity index (χ0) is 15.5. The average Bonchev–Trinajstić information content (AvgIpc) is 2.80. The minimum Gasteiger partial charge on any atom is -0.390 e. The van der Waals surface area contributed by atoms with Gasteiger partial charge in [-0.3, -0.25) is 0 Å². The Morgan fingerprint density at radius 3 is 2.25 bits per heavy atom. The molecule has 0 aliphatic heterocycles. The van der Waals surface area contributed by atoms with E-state index in [-0.39, 0.29) is 29.5 Å². The summed E-state index contributed by atoms with van der Waals surface area (Å²) in [5.74, 6) is 0.235. The monoisotopic (exact) mass is 302 g/mol. The minimum atomic E-state index is -3.54. The van der Waals surface area contributed by atoms with Crippen molar-refractivity contribution in [3.8, 4) is 0 Å². The molecule has 2 N–H and O–H groups in total. The molecule has 1 heterocycles. The second kappa shape index (κ2) is 6.74. The molecule has 1 rings (SSSR count). The number of hydrogen-bond donors (Lipinski definition) is 2. The summed E-state index contributed by atoms with van der Waals surface area (Å²) in [6.45, 7) is 9.68. The minimum absolute atomic E-state index is 0.0834. The molecule has 20 heavy (non-hydrogen) atoms. The maximum Gasteiger partial charge on any atom is 0.242 e. The molecule has 1 unspecified atom stereocenters. The summed E-state index contributed by atoms with van der Waals surface area (Å²) < 4.78 is 29.3. The molecule has 1 atom stereocenters. The summed E-state index contributed by atoms with van der Waals surface area (Å²) in [4.78, 5) is 0.217. The number of aliphatic hydroxyl groups is 1. The Morgan fingerprint density at radius 2 is 1.90 bits per heavy atom. The van der Waals surface area contributed by atoms with Gasteiger partial charge in [0.15, 0.2) is 0 Å². The molecule has 0 aliphatic carbocycles. The van der Waals surface area contributed by atoms with E-state index in [9.17, 15) is 13.5 Å². The first kappa shape index (κ1) is 17.2. The summed E-state index contributed by atoms with van der Waals surface area (Å²) in [6.07, 6.45) is 2.33. The molecule has 0 spiro atoms. The van der Waals surface area contributed by atoms with Gasteiger partial charge in [0.25, 0.3) is 0 Å². The van der Waals surface area contributed by atoms with Gasteiger partial charge in [-0.2, -0.15) is 0 Å². The third-order valence-corrected chi connectivity index (χ3v) is 4.94. The second-order valence-corrected chi connectivity index (χ2v) is 7.42. The maximum atomic E-state index is 12.4. The fourth-order valence-corrected chi connectivity index (χ4v) is 3.73. The van der Waals surface area contributed by atoms with E-state index in [1.165, 1.54) is 6.07 Å². The van der Waals surface area contributed by atoms with Crippen molar-refractivity contribution >= 4 is 10.0 Å². The number of nitrogens with zero attached hydrogens (tertiary/aromatic N) is 1. The number of aliphatic hydroxyl groups excluding tert-OH is 1. The van der Waals surface area contributed by atoms with Gasteiger partial charge in [-0.15, -0.1) is 0 Å². The molecule has 116 valence electrons. The third-order valence-electron chi connectivity index (χ3n) is 3.49. The van der Waals surface area contributed by atoms with Gasteiger partial charge in [0, 0.05) is 24.0 Å². The molecule has 5 nitrogen and oxygen atoms in total. The molecule has 0 radical (unpaired) electrons. The Balaban J connectivity index is 3.10. The van der Waals surface area contributed by atoms with Gasteiger partial charge < -0.3 is 9.67 Å². The number of aromatic nitrogens is 1. The van der Waals surface area contributed by atoms with Crippen LogP contribution in [0.4, 0.5) is 0 Å². The zero-order valence-electron chi connectivity index (χ0n) is 12.9. The second-order valence-electron chi connectivity index (χ2n) is 5.71. The van der Waals surface area contributed by atoms with Crippen molar-refractivity contribution in [1.82, 2.24) is 9.29 Å². The molecule has 0 amide bonds. The van der Waals surface area contributed by atoms with Gasteiger partial charge in [0.2, 0.25) is 10.0 Å². The third kappa shape index (κ3) is 3.84. The molecule has 1 aromatic heterocycles. The largest absolute Gasteiger partial charge is 0.390 e. The zero-order valence-corrected chi connectivity index (χ0v) is 13.7. The standard InChI is InChI=1S/C14H26N2O3S/c1-6-14(10(2)3)15-20(18,19)13-7-12(9-17)16(8-13)11(4)5/h7-8,10-11,14-15,17H,6,9H2,1-5H3. The molecular weight excluding hydrogens is 276 g/mol. The molecule has 0 saturated heterocycles. The van der Waals surface area contributed by atoms with Crippen LogP contribution in [0.15, 0.2) is 17.2 Å². The van der Waals surface area contributed by atoms with E-state index in [0.717, 1.165) is 6.42 Å². The van der Waals surface area contributed by atoms with Crippen LogP contribution in [0.25, 0.3) is 0 Å². The van der Waals surface area contributed by atoms with Gasteiger partial charge in [0.1, 0.15) is 0 Å². The van der Waals surface area contributed by atoms with Crippen molar-refractivity contribution in [3.63, 3.8) is 0 Å². The highest BCUT2D eigenvalue weighted by molar-refractivity contribution is 7.89. The molecule has 0 bridgehead atoms. The Kier molecular flexibility index (Phi) is 5.79. The van der Waals surface area contributed by atoms with Gasteiger partial charge in [-0.05, 0) is 32.3 Å². The van der Waals surface area contributed by atoms with Crippen LogP contribution in [-0.4, -0.2) is 24.1 Å². The Hall–Kier alpha value is -0.850. The van der Waals surface area contributed by atoms with Crippen LogP contribution in [0.1, 0.15) is 52.8 Å². The van der Waals surface area contributed by atoms with Crippen LogP contribution in [-0.2, 0) is 16.6 Å². The fraction of sp³-hybridized carbons (Fsp3) is 0.714. The van der Waals surface area contributed by atoms with Crippen molar-refractivity contribution in [3.05, 3.63) is 18.0 Å². The normalized spacial score (nSPS) is 14.2. The van der Waals surface area contributed by atoms with Crippen molar-refractivity contribution in [2.75, 3.05) is 0 Å². The summed E-state index contributed by atoms with van der Waals surface area (Å²) in [7, 11) is -3.54. The molecule has 1 aromatic rings. The average molecular weight is 302 g/mol. The van der Waals surface area contributed by atoms with Gasteiger partial charge >= 0.3 is 0 Å².